The molecule has 0 spiro atoms. The SMILES string of the molecule is COC(C)(C)C(O)c1ccc(F)c(F)c1F. The maximum atomic E-state index is 13.3. The van der Waals surface area contributed by atoms with Crippen molar-refractivity contribution in [1.82, 2.24) is 0 Å². The van der Waals surface area contributed by atoms with Gasteiger partial charge in [-0.15, -0.1) is 0 Å². The lowest BCUT2D eigenvalue weighted by Crippen LogP contribution is -2.32. The minimum absolute atomic E-state index is 0.328. The number of hydrogen-bond donors (Lipinski definition) is 1. The highest BCUT2D eigenvalue weighted by Crippen LogP contribution is 2.31. The number of rotatable bonds is 3. The molecule has 90 valence electrons. The Labute approximate surface area is 91.7 Å². The molecule has 1 aromatic rings. The molecule has 1 aromatic carbocycles. The summed E-state index contributed by atoms with van der Waals surface area (Å²) < 4.78 is 43.9. The van der Waals surface area contributed by atoms with Gasteiger partial charge in [0.25, 0.3) is 0 Å². The quantitative estimate of drug-likeness (QED) is 0.814. The molecule has 0 amide bonds. The fourth-order valence-electron chi connectivity index (χ4n) is 1.24. The van der Waals surface area contributed by atoms with Crippen LogP contribution in [0.15, 0.2) is 12.1 Å². The lowest BCUT2D eigenvalue weighted by molar-refractivity contribution is -0.0808. The van der Waals surface area contributed by atoms with E-state index < -0.39 is 29.2 Å². The molecule has 0 aliphatic rings. The molecule has 5 heteroatoms. The molecule has 0 fully saturated rings. The van der Waals surface area contributed by atoms with E-state index in [2.05, 4.69) is 0 Å². The molecular formula is C11H13F3O2. The smallest absolute Gasteiger partial charge is 0.194 e. The molecule has 0 radical (unpaired) electrons. The lowest BCUT2D eigenvalue weighted by Gasteiger charge is -2.29. The maximum Gasteiger partial charge on any atom is 0.194 e. The zero-order valence-corrected chi connectivity index (χ0v) is 9.22. The molecule has 16 heavy (non-hydrogen) atoms. The minimum atomic E-state index is -1.59. The molecule has 1 N–H and O–H groups in total. The number of aliphatic hydroxyl groups excluding tert-OH is 1. The molecule has 0 aromatic heterocycles. The van der Waals surface area contributed by atoms with Crippen LogP contribution < -0.4 is 0 Å². The van der Waals surface area contributed by atoms with Crippen molar-refractivity contribution in [2.45, 2.75) is 25.6 Å². The highest BCUT2D eigenvalue weighted by Gasteiger charge is 2.32. The fourth-order valence-corrected chi connectivity index (χ4v) is 1.24. The van der Waals surface area contributed by atoms with E-state index in [1.54, 1.807) is 0 Å². The Morgan fingerprint density at radius 3 is 2.25 bits per heavy atom. The molecule has 1 unspecified atom stereocenters. The average molecular weight is 234 g/mol. The monoisotopic (exact) mass is 234 g/mol. The number of ether oxygens (including phenoxy) is 1. The normalized spacial score (nSPS) is 13.9. The van der Waals surface area contributed by atoms with Crippen LogP contribution in [0.5, 0.6) is 0 Å². The van der Waals surface area contributed by atoms with Crippen molar-refractivity contribution < 1.29 is 23.0 Å². The van der Waals surface area contributed by atoms with Crippen LogP contribution >= 0.6 is 0 Å². The van der Waals surface area contributed by atoms with Crippen LogP contribution in [0, 0.1) is 17.5 Å². The summed E-state index contributed by atoms with van der Waals surface area (Å²) in [6, 6.07) is 1.77. The van der Waals surface area contributed by atoms with E-state index in [4.69, 9.17) is 4.74 Å². The minimum Gasteiger partial charge on any atom is -0.385 e. The Balaban J connectivity index is 3.20. The first-order valence-corrected chi connectivity index (χ1v) is 4.68. The molecule has 0 aliphatic carbocycles. The van der Waals surface area contributed by atoms with Gasteiger partial charge in [0.15, 0.2) is 17.5 Å². The number of hydrogen-bond acceptors (Lipinski definition) is 2. The van der Waals surface area contributed by atoms with Crippen LogP contribution in [0.4, 0.5) is 13.2 Å². The Morgan fingerprint density at radius 2 is 1.75 bits per heavy atom. The van der Waals surface area contributed by atoms with Crippen molar-refractivity contribution in [3.8, 4) is 0 Å². The van der Waals surface area contributed by atoms with E-state index in [1.807, 2.05) is 0 Å². The first-order chi connectivity index (χ1) is 7.31. The number of methoxy groups -OCH3 is 1. The third-order valence-electron chi connectivity index (χ3n) is 2.54. The highest BCUT2D eigenvalue weighted by molar-refractivity contribution is 5.24. The van der Waals surface area contributed by atoms with Crippen molar-refractivity contribution >= 4 is 0 Å². The second kappa shape index (κ2) is 4.43. The van der Waals surface area contributed by atoms with E-state index in [-0.39, 0.29) is 5.56 Å². The molecule has 0 saturated carbocycles. The van der Waals surface area contributed by atoms with Gasteiger partial charge < -0.3 is 9.84 Å². The fraction of sp³-hybridized carbons (Fsp3) is 0.455. The van der Waals surface area contributed by atoms with Crippen molar-refractivity contribution in [2.24, 2.45) is 0 Å². The van der Waals surface area contributed by atoms with Crippen molar-refractivity contribution in [3.63, 3.8) is 0 Å². The van der Waals surface area contributed by atoms with E-state index in [0.717, 1.165) is 12.1 Å². The maximum absolute atomic E-state index is 13.3. The zero-order valence-electron chi connectivity index (χ0n) is 9.22. The molecule has 0 saturated heterocycles. The van der Waals surface area contributed by atoms with E-state index in [0.29, 0.717) is 0 Å². The standard InChI is InChI=1S/C11H13F3O2/c1-11(2,16-3)10(15)6-4-5-7(12)9(14)8(6)13/h4-5,10,15H,1-3H3. The Kier molecular flexibility index (Phi) is 3.60. The summed E-state index contributed by atoms with van der Waals surface area (Å²) >= 11 is 0. The highest BCUT2D eigenvalue weighted by atomic mass is 19.2. The van der Waals surface area contributed by atoms with Crippen LogP contribution in [0.25, 0.3) is 0 Å². The Hall–Kier alpha value is -1.07. The van der Waals surface area contributed by atoms with Crippen LogP contribution in [0.2, 0.25) is 0 Å². The first kappa shape index (κ1) is 13.0. The molecule has 1 rings (SSSR count). The summed E-state index contributed by atoms with van der Waals surface area (Å²) in [5.74, 6) is -4.27. The van der Waals surface area contributed by atoms with Gasteiger partial charge in [-0.3, -0.25) is 0 Å². The van der Waals surface area contributed by atoms with Crippen molar-refractivity contribution in [3.05, 3.63) is 35.1 Å². The Morgan fingerprint density at radius 1 is 1.19 bits per heavy atom. The first-order valence-electron chi connectivity index (χ1n) is 4.68. The van der Waals surface area contributed by atoms with E-state index in [9.17, 15) is 18.3 Å². The van der Waals surface area contributed by atoms with Crippen LogP contribution in [-0.4, -0.2) is 17.8 Å². The third-order valence-corrected chi connectivity index (χ3v) is 2.54. The largest absolute Gasteiger partial charge is 0.385 e. The van der Waals surface area contributed by atoms with Gasteiger partial charge in [0.2, 0.25) is 0 Å². The second-order valence-corrected chi connectivity index (χ2v) is 3.97. The van der Waals surface area contributed by atoms with E-state index in [1.165, 1.54) is 21.0 Å². The summed E-state index contributed by atoms with van der Waals surface area (Å²) in [5, 5.41) is 9.79. The van der Waals surface area contributed by atoms with Gasteiger partial charge in [-0.1, -0.05) is 6.07 Å². The predicted molar refractivity (Wildman–Crippen MR) is 52.4 cm³/mol. The van der Waals surface area contributed by atoms with Crippen molar-refractivity contribution in [2.75, 3.05) is 7.11 Å². The van der Waals surface area contributed by atoms with Gasteiger partial charge in [0.05, 0.1) is 5.60 Å². The van der Waals surface area contributed by atoms with Gasteiger partial charge in [0, 0.05) is 12.7 Å². The summed E-state index contributed by atoms with van der Waals surface area (Å²) in [6.07, 6.45) is -1.38. The molecule has 0 bridgehead atoms. The zero-order chi connectivity index (χ0) is 12.5. The average Bonchev–Trinajstić information content (AvgIpc) is 2.25. The van der Waals surface area contributed by atoms with Gasteiger partial charge in [-0.25, -0.2) is 13.2 Å². The number of benzene rings is 1. The predicted octanol–water partition coefficient (Wildman–Crippen LogP) is 2.56. The van der Waals surface area contributed by atoms with Gasteiger partial charge in [0.1, 0.15) is 6.10 Å². The third kappa shape index (κ3) is 2.20. The molecule has 0 aliphatic heterocycles. The summed E-state index contributed by atoms with van der Waals surface area (Å²) in [5.41, 5.74) is -1.42. The van der Waals surface area contributed by atoms with E-state index >= 15 is 0 Å². The molecular weight excluding hydrogens is 221 g/mol. The van der Waals surface area contributed by atoms with Crippen LogP contribution in [-0.2, 0) is 4.74 Å². The van der Waals surface area contributed by atoms with Crippen LogP contribution in [0.3, 0.4) is 0 Å². The summed E-state index contributed by atoms with van der Waals surface area (Å²) in [4.78, 5) is 0. The lowest BCUT2D eigenvalue weighted by atomic mass is 9.94. The summed E-state index contributed by atoms with van der Waals surface area (Å²) in [6.45, 7) is 3.02. The molecule has 1 atom stereocenters. The molecule has 2 nitrogen and oxygen atoms in total. The van der Waals surface area contributed by atoms with Crippen molar-refractivity contribution in [1.29, 1.82) is 0 Å². The van der Waals surface area contributed by atoms with Gasteiger partial charge >= 0.3 is 0 Å². The topological polar surface area (TPSA) is 29.5 Å². The van der Waals surface area contributed by atoms with Crippen LogP contribution in [0.1, 0.15) is 25.5 Å². The van der Waals surface area contributed by atoms with Gasteiger partial charge in [-0.2, -0.15) is 0 Å². The summed E-state index contributed by atoms with van der Waals surface area (Å²) in [7, 11) is 1.33. The molecule has 0 heterocycles. The second-order valence-electron chi connectivity index (χ2n) is 3.97. The number of aliphatic hydroxyl groups is 1. The number of halogens is 3. The van der Waals surface area contributed by atoms with Gasteiger partial charge in [-0.05, 0) is 19.9 Å². The Bertz CT molecular complexity index is 391.